The molecule has 0 saturated carbocycles. The maximum absolute atomic E-state index is 12.4. The number of piperazine rings is 1. The molecule has 0 bridgehead atoms. The Morgan fingerprint density at radius 1 is 1.07 bits per heavy atom. The summed E-state index contributed by atoms with van der Waals surface area (Å²) < 4.78 is 23.4. The number of rotatable bonds is 6. The number of amides is 1. The Morgan fingerprint density at radius 3 is 2.38 bits per heavy atom. The predicted octanol–water partition coefficient (Wildman–Crippen LogP) is 2.81. The Balaban J connectivity index is 1.52. The summed E-state index contributed by atoms with van der Waals surface area (Å²) in [6, 6.07) is 12.7. The third kappa shape index (κ3) is 6.02. The van der Waals surface area contributed by atoms with E-state index in [0.717, 1.165) is 39.0 Å². The lowest BCUT2D eigenvalue weighted by Crippen LogP contribution is -2.48. The molecule has 0 unspecified atom stereocenters. The normalized spacial score (nSPS) is 16.0. The lowest BCUT2D eigenvalue weighted by atomic mass is 10.1. The molecule has 156 valence electrons. The van der Waals surface area contributed by atoms with Crippen LogP contribution in [0, 0.1) is 6.92 Å². The van der Waals surface area contributed by atoms with Gasteiger partial charge in [0.05, 0.1) is 22.2 Å². The summed E-state index contributed by atoms with van der Waals surface area (Å²) in [5.74, 6) is -0.204. The van der Waals surface area contributed by atoms with Crippen LogP contribution in [0.5, 0.6) is 0 Å². The molecule has 8 heteroatoms. The van der Waals surface area contributed by atoms with Crippen molar-refractivity contribution in [2.75, 3.05) is 44.3 Å². The average Bonchev–Trinajstić information content (AvgIpc) is 2.66. The predicted molar refractivity (Wildman–Crippen MR) is 116 cm³/mol. The van der Waals surface area contributed by atoms with Crippen molar-refractivity contribution in [3.63, 3.8) is 0 Å². The molecule has 1 N–H and O–H groups in total. The smallest absolute Gasteiger partial charge is 0.238 e. The number of benzene rings is 2. The molecular weight excluding hydrogens is 410 g/mol. The summed E-state index contributed by atoms with van der Waals surface area (Å²) in [7, 11) is -3.37. The highest BCUT2D eigenvalue weighted by Crippen LogP contribution is 2.25. The van der Waals surface area contributed by atoms with Crippen molar-refractivity contribution in [3.05, 3.63) is 58.6 Å². The molecule has 2 aromatic rings. The largest absolute Gasteiger partial charge is 0.324 e. The molecule has 1 fully saturated rings. The van der Waals surface area contributed by atoms with E-state index >= 15 is 0 Å². The first kappa shape index (κ1) is 21.8. The number of aryl methyl sites for hydroxylation is 1. The minimum Gasteiger partial charge on any atom is -0.324 e. The zero-order valence-electron chi connectivity index (χ0n) is 16.7. The second kappa shape index (κ2) is 9.26. The Morgan fingerprint density at radius 2 is 1.72 bits per heavy atom. The first-order chi connectivity index (χ1) is 13.7. The first-order valence-corrected chi connectivity index (χ1v) is 11.8. The van der Waals surface area contributed by atoms with Crippen LogP contribution in [0.25, 0.3) is 0 Å². The molecule has 1 saturated heterocycles. The molecule has 1 amide bonds. The van der Waals surface area contributed by atoms with Crippen molar-refractivity contribution < 1.29 is 13.2 Å². The van der Waals surface area contributed by atoms with E-state index in [2.05, 4.69) is 40.2 Å². The monoisotopic (exact) mass is 435 g/mol. The van der Waals surface area contributed by atoms with Crippen molar-refractivity contribution >= 4 is 33.0 Å². The standard InChI is InChI=1S/C21H26ClN3O3S/c1-16-5-3-4-6-17(16)14-24-9-11-25(12-10-24)15-21(26)23-20-13-18(29(2,27)28)7-8-19(20)22/h3-8,13H,9-12,14-15H2,1-2H3,(H,23,26). The van der Waals surface area contributed by atoms with Gasteiger partial charge < -0.3 is 5.32 Å². The summed E-state index contributed by atoms with van der Waals surface area (Å²) >= 11 is 6.11. The number of nitrogens with one attached hydrogen (secondary N) is 1. The molecule has 2 aromatic carbocycles. The quantitative estimate of drug-likeness (QED) is 0.755. The van der Waals surface area contributed by atoms with Gasteiger partial charge in [-0.05, 0) is 36.2 Å². The lowest BCUT2D eigenvalue weighted by Gasteiger charge is -2.34. The second-order valence-electron chi connectivity index (χ2n) is 7.44. The van der Waals surface area contributed by atoms with Crippen molar-refractivity contribution in [3.8, 4) is 0 Å². The molecule has 0 radical (unpaired) electrons. The molecule has 1 aliphatic heterocycles. The Hall–Kier alpha value is -1.93. The van der Waals surface area contributed by atoms with Gasteiger partial charge in [-0.25, -0.2) is 8.42 Å². The van der Waals surface area contributed by atoms with Gasteiger partial charge in [0, 0.05) is 39.0 Å². The van der Waals surface area contributed by atoms with E-state index in [4.69, 9.17) is 11.6 Å². The zero-order chi connectivity index (χ0) is 21.0. The number of halogens is 1. The molecule has 1 aliphatic rings. The molecule has 29 heavy (non-hydrogen) atoms. The summed E-state index contributed by atoms with van der Waals surface area (Å²) in [4.78, 5) is 17.1. The fraction of sp³-hybridized carbons (Fsp3) is 0.381. The molecule has 0 spiro atoms. The van der Waals surface area contributed by atoms with E-state index in [0.29, 0.717) is 10.7 Å². The van der Waals surface area contributed by atoms with Crippen molar-refractivity contribution in [2.24, 2.45) is 0 Å². The number of anilines is 1. The van der Waals surface area contributed by atoms with Crippen LogP contribution < -0.4 is 5.32 Å². The van der Waals surface area contributed by atoms with Crippen LogP contribution in [-0.2, 0) is 21.2 Å². The summed E-state index contributed by atoms with van der Waals surface area (Å²) in [6.07, 6.45) is 1.12. The molecule has 0 aromatic heterocycles. The summed E-state index contributed by atoms with van der Waals surface area (Å²) in [5.41, 5.74) is 2.94. The molecule has 6 nitrogen and oxygen atoms in total. The van der Waals surface area contributed by atoms with Gasteiger partial charge in [-0.1, -0.05) is 35.9 Å². The van der Waals surface area contributed by atoms with E-state index in [9.17, 15) is 13.2 Å². The number of carbonyl (C=O) groups excluding carboxylic acids is 1. The van der Waals surface area contributed by atoms with E-state index < -0.39 is 9.84 Å². The maximum atomic E-state index is 12.4. The topological polar surface area (TPSA) is 69.7 Å². The third-order valence-corrected chi connectivity index (χ3v) is 6.57. The van der Waals surface area contributed by atoms with Crippen molar-refractivity contribution in [1.82, 2.24) is 9.80 Å². The van der Waals surface area contributed by atoms with Crippen LogP contribution in [0.15, 0.2) is 47.4 Å². The van der Waals surface area contributed by atoms with Crippen LogP contribution in [0.4, 0.5) is 5.69 Å². The highest BCUT2D eigenvalue weighted by Gasteiger charge is 2.20. The van der Waals surface area contributed by atoms with Gasteiger partial charge >= 0.3 is 0 Å². The van der Waals surface area contributed by atoms with E-state index in [1.807, 2.05) is 6.07 Å². The van der Waals surface area contributed by atoms with Gasteiger partial charge in [-0.15, -0.1) is 0 Å². The van der Waals surface area contributed by atoms with Crippen LogP contribution in [0.1, 0.15) is 11.1 Å². The van der Waals surface area contributed by atoms with E-state index in [1.165, 1.54) is 29.3 Å². The molecule has 0 atom stereocenters. The van der Waals surface area contributed by atoms with Crippen molar-refractivity contribution in [2.45, 2.75) is 18.4 Å². The molecule has 3 rings (SSSR count). The molecular formula is C21H26ClN3O3S. The number of carbonyl (C=O) groups is 1. The Labute approximate surface area is 177 Å². The van der Waals surface area contributed by atoms with Gasteiger partial charge in [0.15, 0.2) is 9.84 Å². The number of sulfone groups is 1. The van der Waals surface area contributed by atoms with Crippen LogP contribution in [0.2, 0.25) is 5.02 Å². The van der Waals surface area contributed by atoms with Crippen LogP contribution in [-0.4, -0.2) is 63.1 Å². The van der Waals surface area contributed by atoms with E-state index in [1.54, 1.807) is 0 Å². The average molecular weight is 436 g/mol. The zero-order valence-corrected chi connectivity index (χ0v) is 18.3. The Bertz CT molecular complexity index is 986. The first-order valence-electron chi connectivity index (χ1n) is 9.51. The number of hydrogen-bond donors (Lipinski definition) is 1. The van der Waals surface area contributed by atoms with Crippen LogP contribution in [0.3, 0.4) is 0 Å². The molecule has 1 heterocycles. The van der Waals surface area contributed by atoms with E-state index in [-0.39, 0.29) is 17.3 Å². The SMILES string of the molecule is Cc1ccccc1CN1CCN(CC(=O)Nc2cc(S(C)(=O)=O)ccc2Cl)CC1. The minimum atomic E-state index is -3.37. The van der Waals surface area contributed by atoms with Gasteiger partial charge in [0.1, 0.15) is 0 Å². The Kier molecular flexibility index (Phi) is 6.95. The highest BCUT2D eigenvalue weighted by molar-refractivity contribution is 7.90. The minimum absolute atomic E-state index is 0.127. The van der Waals surface area contributed by atoms with Gasteiger partial charge in [-0.2, -0.15) is 0 Å². The third-order valence-electron chi connectivity index (χ3n) is 5.13. The van der Waals surface area contributed by atoms with Gasteiger partial charge in [-0.3, -0.25) is 14.6 Å². The fourth-order valence-electron chi connectivity index (χ4n) is 3.36. The van der Waals surface area contributed by atoms with Crippen LogP contribution >= 0.6 is 11.6 Å². The molecule has 0 aliphatic carbocycles. The number of nitrogens with zero attached hydrogens (tertiary/aromatic N) is 2. The van der Waals surface area contributed by atoms with Crippen molar-refractivity contribution in [1.29, 1.82) is 0 Å². The lowest BCUT2D eigenvalue weighted by molar-refractivity contribution is -0.117. The number of hydrogen-bond acceptors (Lipinski definition) is 5. The van der Waals surface area contributed by atoms with Gasteiger partial charge in [0.25, 0.3) is 0 Å². The fourth-order valence-corrected chi connectivity index (χ4v) is 4.17. The summed E-state index contributed by atoms with van der Waals surface area (Å²) in [6.45, 7) is 6.68. The highest BCUT2D eigenvalue weighted by atomic mass is 35.5. The summed E-state index contributed by atoms with van der Waals surface area (Å²) in [5, 5.41) is 3.05. The maximum Gasteiger partial charge on any atom is 0.238 e. The second-order valence-corrected chi connectivity index (χ2v) is 9.86. The van der Waals surface area contributed by atoms with Gasteiger partial charge in [0.2, 0.25) is 5.91 Å².